The normalized spacial score (nSPS) is 12.7. The van der Waals surface area contributed by atoms with Gasteiger partial charge in [-0.15, -0.1) is 0 Å². The molecule has 2 atom stereocenters. The van der Waals surface area contributed by atoms with Crippen molar-refractivity contribution >= 4 is 11.9 Å². The first-order valence-electron chi connectivity index (χ1n) is 39.2. The van der Waals surface area contributed by atoms with Crippen LogP contribution in [-0.2, 0) is 14.3 Å². The number of aliphatic hydroxyl groups excluding tert-OH is 2. The molecule has 0 aliphatic carbocycles. The van der Waals surface area contributed by atoms with E-state index in [1.165, 1.54) is 353 Å². The van der Waals surface area contributed by atoms with Gasteiger partial charge in [-0.25, -0.2) is 0 Å². The second kappa shape index (κ2) is 75.5. The summed E-state index contributed by atoms with van der Waals surface area (Å²) in [6.07, 6.45) is 98.1. The molecule has 1 amide bonds. The number of ether oxygens (including phenoxy) is 1. The molecule has 0 aliphatic rings. The van der Waals surface area contributed by atoms with Gasteiger partial charge >= 0.3 is 5.97 Å². The molecule has 0 heterocycles. The quantitative estimate of drug-likeness (QED) is 0.0320. The van der Waals surface area contributed by atoms with Crippen LogP contribution in [0.3, 0.4) is 0 Å². The molecule has 0 spiro atoms. The SMILES string of the molecule is CCC/C=C\C/C=C\CCCCCCCC(=O)OCCCCCCCCCCCCCCCCCC/C=C\CCCCCCCCCCCCCCCCCCCC(=O)NC(CO)C(O)CCCCCCCCCCCCCCCCCCCCC. The summed E-state index contributed by atoms with van der Waals surface area (Å²) in [5.74, 6) is -0.0200. The van der Waals surface area contributed by atoms with E-state index in [1.54, 1.807) is 0 Å². The van der Waals surface area contributed by atoms with Gasteiger partial charge in [-0.1, -0.05) is 384 Å². The van der Waals surface area contributed by atoms with Gasteiger partial charge in [0.25, 0.3) is 0 Å². The zero-order valence-corrected chi connectivity index (χ0v) is 58.3. The molecule has 0 bridgehead atoms. The lowest BCUT2D eigenvalue weighted by molar-refractivity contribution is -0.143. The van der Waals surface area contributed by atoms with Crippen LogP contribution in [0.4, 0.5) is 0 Å². The van der Waals surface area contributed by atoms with Gasteiger partial charge in [-0.3, -0.25) is 9.59 Å². The first-order chi connectivity index (χ1) is 42.5. The van der Waals surface area contributed by atoms with Gasteiger partial charge < -0.3 is 20.3 Å². The van der Waals surface area contributed by atoms with Crippen molar-refractivity contribution in [2.24, 2.45) is 0 Å². The number of esters is 1. The molecule has 0 aromatic rings. The number of amides is 1. The number of allylic oxidation sites excluding steroid dienone is 6. The number of aliphatic hydroxyl groups is 2. The number of carbonyl (C=O) groups excluding carboxylic acids is 2. The second-order valence-electron chi connectivity index (χ2n) is 27.0. The average Bonchev–Trinajstić information content (AvgIpc) is 3.55. The van der Waals surface area contributed by atoms with Crippen molar-refractivity contribution in [2.45, 2.75) is 450 Å². The molecule has 0 fully saturated rings. The van der Waals surface area contributed by atoms with Crippen molar-refractivity contribution in [1.82, 2.24) is 5.32 Å². The molecule has 0 rings (SSSR count). The monoisotopic (exact) mass is 1210 g/mol. The van der Waals surface area contributed by atoms with E-state index in [0.29, 0.717) is 25.9 Å². The summed E-state index contributed by atoms with van der Waals surface area (Å²) in [6, 6.07) is -0.539. The van der Waals surface area contributed by atoms with Crippen LogP contribution in [0.1, 0.15) is 438 Å². The summed E-state index contributed by atoms with van der Waals surface area (Å²) >= 11 is 0. The van der Waals surface area contributed by atoms with Gasteiger partial charge in [-0.2, -0.15) is 0 Å². The molecule has 0 aromatic carbocycles. The Balaban J connectivity index is 3.33. The summed E-state index contributed by atoms with van der Waals surface area (Å²) in [6.45, 7) is 4.93. The number of hydrogen-bond acceptors (Lipinski definition) is 5. The zero-order valence-electron chi connectivity index (χ0n) is 58.3. The lowest BCUT2D eigenvalue weighted by atomic mass is 10.0. The van der Waals surface area contributed by atoms with Crippen molar-refractivity contribution in [3.05, 3.63) is 36.5 Å². The van der Waals surface area contributed by atoms with E-state index in [4.69, 9.17) is 4.74 Å². The Morgan fingerprint density at radius 3 is 0.942 bits per heavy atom. The minimum atomic E-state index is -0.662. The van der Waals surface area contributed by atoms with Crippen LogP contribution in [-0.4, -0.2) is 47.4 Å². The Morgan fingerprint density at radius 2 is 0.605 bits per heavy atom. The molecule has 2 unspecified atom stereocenters. The third-order valence-electron chi connectivity index (χ3n) is 18.4. The summed E-state index contributed by atoms with van der Waals surface area (Å²) in [5, 5.41) is 23.4. The summed E-state index contributed by atoms with van der Waals surface area (Å²) in [4.78, 5) is 24.6. The van der Waals surface area contributed by atoms with E-state index in [0.717, 1.165) is 51.4 Å². The van der Waals surface area contributed by atoms with Crippen molar-refractivity contribution in [1.29, 1.82) is 0 Å². The van der Waals surface area contributed by atoms with Gasteiger partial charge in [0.05, 0.1) is 25.4 Å². The first-order valence-corrected chi connectivity index (χ1v) is 39.2. The van der Waals surface area contributed by atoms with Crippen molar-refractivity contribution < 1.29 is 24.5 Å². The van der Waals surface area contributed by atoms with Crippen LogP contribution in [0, 0.1) is 0 Å². The number of nitrogens with one attached hydrogen (secondary N) is 1. The molecule has 508 valence electrons. The fraction of sp³-hybridized carbons (Fsp3) is 0.900. The average molecular weight is 1210 g/mol. The predicted octanol–water partition coefficient (Wildman–Crippen LogP) is 25.8. The predicted molar refractivity (Wildman–Crippen MR) is 379 cm³/mol. The third-order valence-corrected chi connectivity index (χ3v) is 18.4. The highest BCUT2D eigenvalue weighted by Crippen LogP contribution is 2.20. The topological polar surface area (TPSA) is 95.9 Å². The maximum absolute atomic E-state index is 12.6. The molecule has 0 saturated heterocycles. The lowest BCUT2D eigenvalue weighted by Gasteiger charge is -2.22. The standard InChI is InChI=1S/C80H153NO5/c1-3-5-7-9-11-13-15-17-18-19-39-42-45-49-52-56-60-64-68-72-78(83)77(76-82)81-79(84)73-69-65-61-57-53-50-46-43-40-37-35-33-31-29-27-25-23-21-20-22-24-26-28-30-32-34-36-38-41-44-47-51-55-59-63-67-71-75-86-80(85)74-70-66-62-58-54-48-16-14-12-10-8-6-4-2/h8,10,14,16,20,22,77-78,82-83H,3-7,9,11-13,15,17-19,21,23-76H2,1-2H3,(H,81,84)/b10-8-,16-14-,22-20-. The van der Waals surface area contributed by atoms with E-state index in [9.17, 15) is 19.8 Å². The van der Waals surface area contributed by atoms with Crippen LogP contribution in [0.25, 0.3) is 0 Å². The maximum Gasteiger partial charge on any atom is 0.305 e. The Morgan fingerprint density at radius 1 is 0.326 bits per heavy atom. The highest BCUT2D eigenvalue weighted by Gasteiger charge is 2.20. The number of unbranched alkanes of at least 4 members (excludes halogenated alkanes) is 57. The highest BCUT2D eigenvalue weighted by molar-refractivity contribution is 5.76. The van der Waals surface area contributed by atoms with Crippen molar-refractivity contribution in [3.8, 4) is 0 Å². The molecule has 86 heavy (non-hydrogen) atoms. The Kier molecular flexibility index (Phi) is 73.9. The third kappa shape index (κ3) is 71.2. The Hall–Kier alpha value is -1.92. The van der Waals surface area contributed by atoms with Gasteiger partial charge in [0, 0.05) is 12.8 Å². The lowest BCUT2D eigenvalue weighted by Crippen LogP contribution is -2.45. The van der Waals surface area contributed by atoms with Crippen LogP contribution >= 0.6 is 0 Å². The Labute approximate surface area is 538 Å². The molecule has 6 heteroatoms. The molecule has 0 aliphatic heterocycles. The van der Waals surface area contributed by atoms with E-state index in [-0.39, 0.29) is 18.5 Å². The van der Waals surface area contributed by atoms with Crippen LogP contribution < -0.4 is 5.32 Å². The summed E-state index contributed by atoms with van der Waals surface area (Å²) in [5.41, 5.74) is 0. The molecule has 3 N–H and O–H groups in total. The van der Waals surface area contributed by atoms with E-state index in [2.05, 4.69) is 55.6 Å². The minimum Gasteiger partial charge on any atom is -0.466 e. The fourth-order valence-corrected chi connectivity index (χ4v) is 12.4. The van der Waals surface area contributed by atoms with E-state index in [1.807, 2.05) is 0 Å². The summed E-state index contributed by atoms with van der Waals surface area (Å²) in [7, 11) is 0. The molecule has 0 saturated carbocycles. The van der Waals surface area contributed by atoms with Gasteiger partial charge in [0.15, 0.2) is 0 Å². The van der Waals surface area contributed by atoms with Crippen LogP contribution in [0.5, 0.6) is 0 Å². The Bertz CT molecular complexity index is 1390. The van der Waals surface area contributed by atoms with Crippen molar-refractivity contribution in [3.63, 3.8) is 0 Å². The van der Waals surface area contributed by atoms with Gasteiger partial charge in [0.1, 0.15) is 0 Å². The van der Waals surface area contributed by atoms with E-state index >= 15 is 0 Å². The fourth-order valence-electron chi connectivity index (χ4n) is 12.4. The molecular weight excluding hydrogens is 1050 g/mol. The molecule has 0 radical (unpaired) electrons. The minimum absolute atomic E-state index is 0.00650. The number of hydrogen-bond donors (Lipinski definition) is 3. The van der Waals surface area contributed by atoms with Crippen LogP contribution in [0.2, 0.25) is 0 Å². The maximum atomic E-state index is 12.6. The van der Waals surface area contributed by atoms with E-state index < -0.39 is 12.1 Å². The smallest absolute Gasteiger partial charge is 0.305 e. The van der Waals surface area contributed by atoms with Crippen LogP contribution in [0.15, 0.2) is 36.5 Å². The van der Waals surface area contributed by atoms with Gasteiger partial charge in [-0.05, 0) is 77.0 Å². The molecular formula is C80H153NO5. The summed E-state index contributed by atoms with van der Waals surface area (Å²) < 4.78 is 5.48. The first kappa shape index (κ1) is 84.1. The largest absolute Gasteiger partial charge is 0.466 e. The zero-order chi connectivity index (χ0) is 62.0. The number of carbonyl (C=O) groups is 2. The highest BCUT2D eigenvalue weighted by atomic mass is 16.5. The van der Waals surface area contributed by atoms with Crippen molar-refractivity contribution in [2.75, 3.05) is 13.2 Å². The van der Waals surface area contributed by atoms with Gasteiger partial charge in [0.2, 0.25) is 5.91 Å². The molecule has 0 aromatic heterocycles. The number of rotatable bonds is 74. The molecule has 6 nitrogen and oxygen atoms in total. The second-order valence-corrected chi connectivity index (χ2v) is 27.0.